The summed E-state index contributed by atoms with van der Waals surface area (Å²) in [4.78, 5) is 23.2. The fourth-order valence-electron chi connectivity index (χ4n) is 5.53. The molecule has 52 heavy (non-hydrogen) atoms. The van der Waals surface area contributed by atoms with E-state index in [4.69, 9.17) is 0 Å². The Morgan fingerprint density at radius 3 is 0.808 bits per heavy atom. The van der Waals surface area contributed by atoms with E-state index in [0.29, 0.717) is 48.4 Å². The van der Waals surface area contributed by atoms with Crippen molar-refractivity contribution in [2.45, 2.75) is 25.7 Å². The first kappa shape index (κ1) is 39.5. The third-order valence-electron chi connectivity index (χ3n) is 8.45. The molecule has 0 spiro atoms. The van der Waals surface area contributed by atoms with Crippen LogP contribution in [0.15, 0.2) is 117 Å². The standard InChI is InChI=1S/C42H52N6O4/c49-39-17-5-1-13-35(39)31-43-21-9-25-47(26-10-22-44-32-36-14-2-6-18-40(36)50)29-30-48(27-11-23-45-33-37-15-3-7-19-41(37)51)28-12-24-46-34-38-16-4-8-20-42(38)52/h1-8,13-20,31-34,49-52H,9-12,21-30H2. The maximum absolute atomic E-state index is 10.1. The number of phenols is 4. The number of benzene rings is 4. The number of hydrogen-bond donors (Lipinski definition) is 4. The highest BCUT2D eigenvalue weighted by Crippen LogP contribution is 2.15. The predicted octanol–water partition coefficient (Wildman–Crippen LogP) is 6.45. The van der Waals surface area contributed by atoms with Crippen LogP contribution in [-0.2, 0) is 0 Å². The van der Waals surface area contributed by atoms with E-state index in [1.54, 1.807) is 73.4 Å². The van der Waals surface area contributed by atoms with Gasteiger partial charge in [0, 0.05) is 86.4 Å². The van der Waals surface area contributed by atoms with Gasteiger partial charge in [-0.25, -0.2) is 0 Å². The second-order valence-corrected chi connectivity index (χ2v) is 12.5. The van der Waals surface area contributed by atoms with Crippen LogP contribution in [0.3, 0.4) is 0 Å². The van der Waals surface area contributed by atoms with Gasteiger partial charge < -0.3 is 30.2 Å². The van der Waals surface area contributed by atoms with E-state index in [0.717, 1.165) is 65.0 Å². The van der Waals surface area contributed by atoms with E-state index in [1.165, 1.54) is 0 Å². The van der Waals surface area contributed by atoms with Crippen molar-refractivity contribution in [2.24, 2.45) is 20.0 Å². The second-order valence-electron chi connectivity index (χ2n) is 12.5. The minimum atomic E-state index is 0.227. The van der Waals surface area contributed by atoms with Crippen LogP contribution in [0, 0.1) is 0 Å². The molecule has 4 N–H and O–H groups in total. The van der Waals surface area contributed by atoms with Crippen molar-refractivity contribution < 1.29 is 20.4 Å². The first-order valence-corrected chi connectivity index (χ1v) is 18.1. The van der Waals surface area contributed by atoms with Crippen LogP contribution in [0.2, 0.25) is 0 Å². The van der Waals surface area contributed by atoms with E-state index in [2.05, 4.69) is 29.8 Å². The van der Waals surface area contributed by atoms with Crippen LogP contribution in [0.25, 0.3) is 0 Å². The number of phenolic OH excluding ortho intramolecular Hbond substituents is 4. The van der Waals surface area contributed by atoms with Gasteiger partial charge in [-0.15, -0.1) is 0 Å². The van der Waals surface area contributed by atoms with Gasteiger partial charge in [0.1, 0.15) is 23.0 Å². The first-order chi connectivity index (χ1) is 25.5. The quantitative estimate of drug-likeness (QED) is 0.0518. The molecule has 10 heteroatoms. The molecule has 0 saturated carbocycles. The minimum absolute atomic E-state index is 0.227. The van der Waals surface area contributed by atoms with Gasteiger partial charge in [-0.05, 0) is 100 Å². The molecule has 0 aliphatic carbocycles. The van der Waals surface area contributed by atoms with E-state index in [9.17, 15) is 20.4 Å². The second kappa shape index (κ2) is 23.2. The normalized spacial score (nSPS) is 12.1. The van der Waals surface area contributed by atoms with Gasteiger partial charge in [0.05, 0.1) is 0 Å². The van der Waals surface area contributed by atoms with Crippen LogP contribution in [0.4, 0.5) is 0 Å². The van der Waals surface area contributed by atoms with Crippen LogP contribution >= 0.6 is 0 Å². The molecule has 0 bridgehead atoms. The number of rotatable bonds is 23. The molecule has 274 valence electrons. The van der Waals surface area contributed by atoms with Gasteiger partial charge in [-0.2, -0.15) is 0 Å². The van der Waals surface area contributed by atoms with Gasteiger partial charge in [-0.1, -0.05) is 48.5 Å². The Morgan fingerprint density at radius 2 is 0.577 bits per heavy atom. The summed E-state index contributed by atoms with van der Waals surface area (Å²) in [6, 6.07) is 28.8. The van der Waals surface area contributed by atoms with Gasteiger partial charge in [0.15, 0.2) is 0 Å². The Balaban J connectivity index is 1.32. The summed E-state index contributed by atoms with van der Waals surface area (Å²) >= 11 is 0. The van der Waals surface area contributed by atoms with Crippen molar-refractivity contribution in [2.75, 3.05) is 65.4 Å². The molecule has 0 heterocycles. The summed E-state index contributed by atoms with van der Waals surface area (Å²) in [5.41, 5.74) is 2.86. The molecule has 0 fully saturated rings. The van der Waals surface area contributed by atoms with Crippen molar-refractivity contribution in [3.05, 3.63) is 119 Å². The van der Waals surface area contributed by atoms with E-state index < -0.39 is 0 Å². The third kappa shape index (κ3) is 14.9. The summed E-state index contributed by atoms with van der Waals surface area (Å²) in [5.74, 6) is 0.908. The molecule has 0 amide bonds. The average Bonchev–Trinajstić information content (AvgIpc) is 3.15. The van der Waals surface area contributed by atoms with Gasteiger partial charge in [0.2, 0.25) is 0 Å². The zero-order valence-corrected chi connectivity index (χ0v) is 29.9. The maximum atomic E-state index is 10.1. The van der Waals surface area contributed by atoms with Crippen LogP contribution in [0.1, 0.15) is 47.9 Å². The van der Waals surface area contributed by atoms with E-state index in [-0.39, 0.29) is 23.0 Å². The highest BCUT2D eigenvalue weighted by atomic mass is 16.3. The van der Waals surface area contributed by atoms with Crippen molar-refractivity contribution in [1.82, 2.24) is 9.80 Å². The molecule has 0 aromatic heterocycles. The molecule has 10 nitrogen and oxygen atoms in total. The highest BCUT2D eigenvalue weighted by molar-refractivity contribution is 5.84. The average molecular weight is 705 g/mol. The van der Waals surface area contributed by atoms with Crippen molar-refractivity contribution in [3.8, 4) is 23.0 Å². The number of para-hydroxylation sites is 4. The number of nitrogens with zero attached hydrogens (tertiary/aromatic N) is 6. The lowest BCUT2D eigenvalue weighted by molar-refractivity contribution is 0.200. The van der Waals surface area contributed by atoms with Crippen LogP contribution in [0.5, 0.6) is 23.0 Å². The van der Waals surface area contributed by atoms with E-state index >= 15 is 0 Å². The molecule has 0 aliphatic rings. The molecule has 0 unspecified atom stereocenters. The Bertz CT molecular complexity index is 1490. The molecule has 4 rings (SSSR count). The van der Waals surface area contributed by atoms with Crippen molar-refractivity contribution in [1.29, 1.82) is 0 Å². The van der Waals surface area contributed by atoms with Gasteiger partial charge in [-0.3, -0.25) is 20.0 Å². The zero-order valence-electron chi connectivity index (χ0n) is 29.9. The van der Waals surface area contributed by atoms with Crippen molar-refractivity contribution >= 4 is 24.9 Å². The lowest BCUT2D eigenvalue weighted by Gasteiger charge is -2.27. The lowest BCUT2D eigenvalue weighted by atomic mass is 10.2. The molecule has 0 atom stereocenters. The lowest BCUT2D eigenvalue weighted by Crippen LogP contribution is -2.38. The predicted molar refractivity (Wildman–Crippen MR) is 214 cm³/mol. The molecule has 4 aromatic carbocycles. The van der Waals surface area contributed by atoms with Crippen LogP contribution < -0.4 is 0 Å². The van der Waals surface area contributed by atoms with Crippen molar-refractivity contribution in [3.63, 3.8) is 0 Å². The molecular formula is C42H52N6O4. The largest absolute Gasteiger partial charge is 0.507 e. The monoisotopic (exact) mass is 704 g/mol. The molecule has 0 aliphatic heterocycles. The topological polar surface area (TPSA) is 137 Å². The number of aromatic hydroxyl groups is 4. The maximum Gasteiger partial charge on any atom is 0.124 e. The SMILES string of the molecule is Oc1ccccc1C=NCCCN(CCCN=Cc1ccccc1O)CCN(CCCN=Cc1ccccc1O)CCCN=Cc1ccccc1O. The zero-order chi connectivity index (χ0) is 36.6. The van der Waals surface area contributed by atoms with Gasteiger partial charge >= 0.3 is 0 Å². The molecule has 0 saturated heterocycles. The smallest absolute Gasteiger partial charge is 0.124 e. The first-order valence-electron chi connectivity index (χ1n) is 18.1. The number of aliphatic imine (C=N–C) groups is 4. The minimum Gasteiger partial charge on any atom is -0.507 e. The highest BCUT2D eigenvalue weighted by Gasteiger charge is 2.10. The molecule has 4 aromatic rings. The third-order valence-corrected chi connectivity index (χ3v) is 8.45. The summed E-state index contributed by atoms with van der Waals surface area (Å²) in [6.45, 7) is 7.91. The molecule has 0 radical (unpaired) electrons. The summed E-state index contributed by atoms with van der Waals surface area (Å²) < 4.78 is 0. The fourth-order valence-corrected chi connectivity index (χ4v) is 5.53. The number of hydrogen-bond acceptors (Lipinski definition) is 10. The molecular weight excluding hydrogens is 653 g/mol. The Kier molecular flexibility index (Phi) is 17.6. The fraction of sp³-hybridized carbons (Fsp3) is 0.333. The Labute approximate surface area is 307 Å². The Morgan fingerprint density at radius 1 is 0.346 bits per heavy atom. The van der Waals surface area contributed by atoms with Crippen LogP contribution in [-0.4, -0.2) is 121 Å². The van der Waals surface area contributed by atoms with Gasteiger partial charge in [0.25, 0.3) is 0 Å². The summed E-state index contributed by atoms with van der Waals surface area (Å²) in [5, 5.41) is 40.2. The summed E-state index contributed by atoms with van der Waals surface area (Å²) in [7, 11) is 0. The Hall–Kier alpha value is -5.32. The summed E-state index contributed by atoms with van der Waals surface area (Å²) in [6.07, 6.45) is 10.5. The van der Waals surface area contributed by atoms with E-state index in [1.807, 2.05) is 48.5 Å².